The Hall–Kier alpha value is -2.85. The average Bonchev–Trinajstić information content (AvgIpc) is 3.25. The Morgan fingerprint density at radius 2 is 2.15 bits per heavy atom. The van der Waals surface area contributed by atoms with E-state index >= 15 is 0 Å². The van der Waals surface area contributed by atoms with Crippen LogP contribution in [-0.2, 0) is 9.59 Å². The van der Waals surface area contributed by atoms with Gasteiger partial charge in [0.1, 0.15) is 17.3 Å². The van der Waals surface area contributed by atoms with Gasteiger partial charge in [0, 0.05) is 10.9 Å². The standard InChI is InChI=1S/C17H15N5O3S2/c1-9-18-12(8-26-9)11-3-4-14-13(5-11)22(16(24)7-25-14)6-15(23)19-17-21-20-10(2)27-17/h3-5,8H,6-7H2,1-2H3,(H,19,21,23). The molecule has 0 unspecified atom stereocenters. The molecule has 10 heteroatoms. The molecule has 27 heavy (non-hydrogen) atoms. The Labute approximate surface area is 162 Å². The van der Waals surface area contributed by atoms with Gasteiger partial charge in [-0.25, -0.2) is 4.98 Å². The molecule has 0 spiro atoms. The Balaban J connectivity index is 1.60. The summed E-state index contributed by atoms with van der Waals surface area (Å²) in [5.41, 5.74) is 2.24. The quantitative estimate of drug-likeness (QED) is 0.722. The van der Waals surface area contributed by atoms with E-state index in [9.17, 15) is 9.59 Å². The summed E-state index contributed by atoms with van der Waals surface area (Å²) in [5, 5.41) is 14.5. The molecular weight excluding hydrogens is 386 g/mol. The maximum atomic E-state index is 12.4. The predicted molar refractivity (Wildman–Crippen MR) is 103 cm³/mol. The second kappa shape index (κ2) is 7.05. The second-order valence-electron chi connectivity index (χ2n) is 5.88. The van der Waals surface area contributed by atoms with Gasteiger partial charge in [-0.3, -0.25) is 19.8 Å². The van der Waals surface area contributed by atoms with Crippen LogP contribution in [0.2, 0.25) is 0 Å². The molecule has 0 fully saturated rings. The van der Waals surface area contributed by atoms with Crippen LogP contribution in [0.25, 0.3) is 11.3 Å². The summed E-state index contributed by atoms with van der Waals surface area (Å²) in [7, 11) is 0. The Bertz CT molecular complexity index is 1030. The van der Waals surface area contributed by atoms with E-state index < -0.39 is 0 Å². The number of hydrogen-bond acceptors (Lipinski definition) is 8. The maximum Gasteiger partial charge on any atom is 0.265 e. The summed E-state index contributed by atoms with van der Waals surface area (Å²) in [4.78, 5) is 30.7. The number of aromatic nitrogens is 3. The molecule has 2 amide bonds. The van der Waals surface area contributed by atoms with Crippen LogP contribution in [0.5, 0.6) is 5.75 Å². The lowest BCUT2D eigenvalue weighted by Crippen LogP contribution is -2.43. The Kier molecular flexibility index (Phi) is 4.58. The number of hydrogen-bond donors (Lipinski definition) is 1. The van der Waals surface area contributed by atoms with Gasteiger partial charge in [0.25, 0.3) is 5.91 Å². The highest BCUT2D eigenvalue weighted by Gasteiger charge is 2.28. The van der Waals surface area contributed by atoms with Crippen molar-refractivity contribution in [1.82, 2.24) is 15.2 Å². The van der Waals surface area contributed by atoms with Crippen molar-refractivity contribution in [3.05, 3.63) is 33.6 Å². The molecule has 0 saturated heterocycles. The molecule has 0 radical (unpaired) electrons. The molecule has 138 valence electrons. The maximum absolute atomic E-state index is 12.4. The summed E-state index contributed by atoms with van der Waals surface area (Å²) in [6.07, 6.45) is 0. The predicted octanol–water partition coefficient (Wildman–Crippen LogP) is 2.64. The second-order valence-corrected chi connectivity index (χ2v) is 8.12. The first kappa shape index (κ1) is 17.6. The number of carbonyl (C=O) groups excluding carboxylic acids is 2. The number of benzene rings is 1. The SMILES string of the molecule is Cc1nc(-c2ccc3c(c2)N(CC(=O)Nc2nnc(C)s2)C(=O)CO3)cs1. The third-order valence-corrected chi connectivity index (χ3v) is 5.42. The molecule has 8 nitrogen and oxygen atoms in total. The zero-order valence-corrected chi connectivity index (χ0v) is 16.2. The van der Waals surface area contributed by atoms with Gasteiger partial charge in [-0.2, -0.15) is 0 Å². The normalized spacial score (nSPS) is 13.3. The number of ether oxygens (including phenoxy) is 1. The van der Waals surface area contributed by atoms with E-state index in [1.165, 1.54) is 16.2 Å². The fraction of sp³-hybridized carbons (Fsp3) is 0.235. The molecule has 0 saturated carbocycles. The number of fused-ring (bicyclic) bond motifs is 1. The molecule has 0 bridgehead atoms. The van der Waals surface area contributed by atoms with Gasteiger partial charge >= 0.3 is 0 Å². The van der Waals surface area contributed by atoms with Crippen LogP contribution in [0.1, 0.15) is 10.0 Å². The van der Waals surface area contributed by atoms with Gasteiger partial charge in [0.05, 0.1) is 16.4 Å². The van der Waals surface area contributed by atoms with Crippen molar-refractivity contribution < 1.29 is 14.3 Å². The first-order valence-corrected chi connectivity index (χ1v) is 9.79. The van der Waals surface area contributed by atoms with Gasteiger partial charge in [0.15, 0.2) is 6.61 Å². The van der Waals surface area contributed by atoms with E-state index in [4.69, 9.17) is 4.74 Å². The summed E-state index contributed by atoms with van der Waals surface area (Å²) in [6, 6.07) is 5.51. The van der Waals surface area contributed by atoms with Crippen molar-refractivity contribution in [2.24, 2.45) is 0 Å². The Morgan fingerprint density at radius 3 is 2.85 bits per heavy atom. The topological polar surface area (TPSA) is 97.3 Å². The van der Waals surface area contributed by atoms with Crippen molar-refractivity contribution in [1.29, 1.82) is 0 Å². The van der Waals surface area contributed by atoms with Crippen LogP contribution in [0.4, 0.5) is 10.8 Å². The molecule has 2 aromatic heterocycles. The van der Waals surface area contributed by atoms with E-state index in [-0.39, 0.29) is 25.0 Å². The number of nitrogens with one attached hydrogen (secondary N) is 1. The van der Waals surface area contributed by atoms with Gasteiger partial charge < -0.3 is 4.74 Å². The van der Waals surface area contributed by atoms with Crippen LogP contribution < -0.4 is 15.0 Å². The summed E-state index contributed by atoms with van der Waals surface area (Å²) in [5.74, 6) is -0.0650. The van der Waals surface area contributed by atoms with Gasteiger partial charge in [0.2, 0.25) is 11.0 Å². The van der Waals surface area contributed by atoms with Crippen LogP contribution in [0.3, 0.4) is 0 Å². The number of amides is 2. The van der Waals surface area contributed by atoms with Crippen LogP contribution in [0.15, 0.2) is 23.6 Å². The first-order valence-electron chi connectivity index (χ1n) is 8.09. The largest absolute Gasteiger partial charge is 0.482 e. The molecule has 3 aromatic rings. The summed E-state index contributed by atoms with van der Waals surface area (Å²) < 4.78 is 5.50. The van der Waals surface area contributed by atoms with E-state index in [0.29, 0.717) is 16.6 Å². The molecular formula is C17H15N5O3S2. The first-order chi connectivity index (χ1) is 13.0. The minimum Gasteiger partial charge on any atom is -0.482 e. The monoisotopic (exact) mass is 401 g/mol. The lowest BCUT2D eigenvalue weighted by molar-refractivity contribution is -0.123. The van der Waals surface area contributed by atoms with Crippen LogP contribution in [-0.4, -0.2) is 40.1 Å². The zero-order chi connectivity index (χ0) is 19.0. The zero-order valence-electron chi connectivity index (χ0n) is 14.6. The highest BCUT2D eigenvalue weighted by Crippen LogP contribution is 2.36. The van der Waals surface area contributed by atoms with Gasteiger partial charge in [-0.1, -0.05) is 11.3 Å². The minimum absolute atomic E-state index is 0.104. The Morgan fingerprint density at radius 1 is 1.30 bits per heavy atom. The third kappa shape index (κ3) is 3.67. The molecule has 0 aliphatic carbocycles. The van der Waals surface area contributed by atoms with Gasteiger partial charge in [-0.15, -0.1) is 21.5 Å². The highest BCUT2D eigenvalue weighted by atomic mass is 32.1. The van der Waals surface area contributed by atoms with Crippen molar-refractivity contribution in [3.63, 3.8) is 0 Å². The smallest absolute Gasteiger partial charge is 0.265 e. The number of carbonyl (C=O) groups is 2. The van der Waals surface area contributed by atoms with Gasteiger partial charge in [-0.05, 0) is 32.0 Å². The molecule has 1 aromatic carbocycles. The number of thiazole rings is 1. The fourth-order valence-electron chi connectivity index (χ4n) is 2.68. The van der Waals surface area contributed by atoms with E-state index in [0.717, 1.165) is 21.3 Å². The molecule has 1 aliphatic rings. The fourth-order valence-corrected chi connectivity index (χ4v) is 3.91. The number of anilines is 2. The van der Waals surface area contributed by atoms with Crippen molar-refractivity contribution >= 4 is 45.3 Å². The van der Waals surface area contributed by atoms with Crippen LogP contribution in [0, 0.1) is 13.8 Å². The molecule has 0 atom stereocenters. The lowest BCUT2D eigenvalue weighted by atomic mass is 10.1. The summed E-state index contributed by atoms with van der Waals surface area (Å²) >= 11 is 2.83. The third-order valence-electron chi connectivity index (χ3n) is 3.89. The van der Waals surface area contributed by atoms with Crippen molar-refractivity contribution in [3.8, 4) is 17.0 Å². The van der Waals surface area contributed by atoms with Crippen LogP contribution >= 0.6 is 22.7 Å². The molecule has 1 aliphatic heterocycles. The van der Waals surface area contributed by atoms with Crippen molar-refractivity contribution in [2.45, 2.75) is 13.8 Å². The van der Waals surface area contributed by atoms with Crippen molar-refractivity contribution in [2.75, 3.05) is 23.4 Å². The number of rotatable bonds is 4. The van der Waals surface area contributed by atoms with E-state index in [1.807, 2.05) is 24.4 Å². The van der Waals surface area contributed by atoms with E-state index in [1.54, 1.807) is 24.3 Å². The average molecular weight is 401 g/mol. The lowest BCUT2D eigenvalue weighted by Gasteiger charge is -2.29. The minimum atomic E-state index is -0.345. The molecule has 4 rings (SSSR count). The molecule has 3 heterocycles. The number of aryl methyl sites for hydroxylation is 2. The number of nitrogens with zero attached hydrogens (tertiary/aromatic N) is 4. The van der Waals surface area contributed by atoms with E-state index in [2.05, 4.69) is 20.5 Å². The highest BCUT2D eigenvalue weighted by molar-refractivity contribution is 7.15. The molecule has 1 N–H and O–H groups in total. The summed E-state index contributed by atoms with van der Waals surface area (Å²) in [6.45, 7) is 3.50.